The number of carbonyl (C=O) groups is 1. The van der Waals surface area contributed by atoms with Crippen LogP contribution in [0.4, 0.5) is 0 Å². The molecule has 1 aliphatic heterocycles. The van der Waals surface area contributed by atoms with E-state index in [4.69, 9.17) is 9.47 Å². The largest absolute Gasteiger partial charge is 0.497 e. The Bertz CT molecular complexity index is 784. The summed E-state index contributed by atoms with van der Waals surface area (Å²) in [5.74, 6) is 1.67. The molecule has 1 heterocycles. The minimum Gasteiger partial charge on any atom is -0.497 e. The van der Waals surface area contributed by atoms with Crippen molar-refractivity contribution in [3.63, 3.8) is 0 Å². The molecule has 1 fully saturated rings. The zero-order chi connectivity index (χ0) is 21.3. The Balaban J connectivity index is 1.61. The van der Waals surface area contributed by atoms with Crippen LogP contribution in [-0.4, -0.2) is 56.7 Å². The first-order valence-corrected chi connectivity index (χ1v) is 10.6. The molecule has 1 aliphatic rings. The second-order valence-corrected chi connectivity index (χ2v) is 8.02. The van der Waals surface area contributed by atoms with E-state index < -0.39 is 0 Å². The summed E-state index contributed by atoms with van der Waals surface area (Å²) in [5, 5.41) is 2.00. The van der Waals surface area contributed by atoms with Gasteiger partial charge in [0.1, 0.15) is 17.6 Å². The molecule has 0 bridgehead atoms. The summed E-state index contributed by atoms with van der Waals surface area (Å²) in [7, 11) is 5.79. The third-order valence-corrected chi connectivity index (χ3v) is 5.28. The molecule has 1 unspecified atom stereocenters. The molecule has 30 heavy (non-hydrogen) atoms. The second kappa shape index (κ2) is 11.0. The van der Waals surface area contributed by atoms with Crippen LogP contribution in [0.5, 0.6) is 11.5 Å². The van der Waals surface area contributed by atoms with Gasteiger partial charge in [-0.2, -0.15) is 0 Å². The second-order valence-electron chi connectivity index (χ2n) is 8.02. The van der Waals surface area contributed by atoms with Gasteiger partial charge in [0.25, 0.3) is 0 Å². The average Bonchev–Trinajstić information content (AvgIpc) is 3.25. The number of hydrogen-bond acceptors (Lipinski definition) is 5. The van der Waals surface area contributed by atoms with Crippen LogP contribution in [0.2, 0.25) is 0 Å². The van der Waals surface area contributed by atoms with Crippen LogP contribution in [-0.2, 0) is 11.2 Å². The molecule has 6 heteroatoms. The zero-order valence-corrected chi connectivity index (χ0v) is 18.3. The number of methoxy groups -OCH3 is 1. The van der Waals surface area contributed by atoms with Crippen LogP contribution in [0.1, 0.15) is 36.5 Å². The highest BCUT2D eigenvalue weighted by atomic mass is 16.5. The van der Waals surface area contributed by atoms with Crippen molar-refractivity contribution in [3.05, 3.63) is 59.7 Å². The van der Waals surface area contributed by atoms with Gasteiger partial charge in [-0.15, -0.1) is 0 Å². The van der Waals surface area contributed by atoms with Gasteiger partial charge in [-0.3, -0.25) is 10.2 Å². The van der Waals surface area contributed by atoms with Gasteiger partial charge in [0, 0.05) is 26.1 Å². The van der Waals surface area contributed by atoms with E-state index in [1.165, 1.54) is 0 Å². The van der Waals surface area contributed by atoms with E-state index in [1.54, 1.807) is 7.11 Å². The fourth-order valence-corrected chi connectivity index (χ4v) is 3.57. The number of nitrogens with zero attached hydrogens (tertiary/aromatic N) is 2. The summed E-state index contributed by atoms with van der Waals surface area (Å²) in [4.78, 5) is 14.4. The number of rotatable bonds is 10. The Labute approximate surface area is 179 Å². The fourth-order valence-electron chi connectivity index (χ4n) is 3.57. The van der Waals surface area contributed by atoms with E-state index in [1.807, 2.05) is 41.4 Å². The van der Waals surface area contributed by atoms with Gasteiger partial charge >= 0.3 is 0 Å². The van der Waals surface area contributed by atoms with Crippen LogP contribution < -0.4 is 14.9 Å². The van der Waals surface area contributed by atoms with Gasteiger partial charge < -0.3 is 14.4 Å². The van der Waals surface area contributed by atoms with E-state index in [2.05, 4.69) is 36.6 Å². The normalized spacial score (nSPS) is 15.2. The summed E-state index contributed by atoms with van der Waals surface area (Å²) in [6.45, 7) is 2.81. The van der Waals surface area contributed by atoms with E-state index in [0.29, 0.717) is 6.42 Å². The molecule has 0 radical (unpaired) electrons. The van der Waals surface area contributed by atoms with Gasteiger partial charge in [-0.25, -0.2) is 5.01 Å². The molecule has 1 N–H and O–H groups in total. The van der Waals surface area contributed by atoms with Gasteiger partial charge in [-0.1, -0.05) is 24.3 Å². The maximum absolute atomic E-state index is 12.2. The summed E-state index contributed by atoms with van der Waals surface area (Å²) in [6, 6.07) is 15.9. The van der Waals surface area contributed by atoms with Crippen molar-refractivity contribution < 1.29 is 14.3 Å². The smallest absolute Gasteiger partial charge is 0.238 e. The number of hydrazine groups is 1. The Kier molecular flexibility index (Phi) is 8.11. The molecule has 6 nitrogen and oxygen atoms in total. The minimum absolute atomic E-state index is 0.0349. The van der Waals surface area contributed by atoms with Gasteiger partial charge in [0.15, 0.2) is 0 Å². The first kappa shape index (κ1) is 22.1. The Morgan fingerprint density at radius 3 is 2.27 bits per heavy atom. The topological polar surface area (TPSA) is 54.0 Å². The van der Waals surface area contributed by atoms with Gasteiger partial charge in [0.2, 0.25) is 5.91 Å². The molecule has 2 aromatic carbocycles. The van der Waals surface area contributed by atoms with E-state index >= 15 is 0 Å². The molecule has 0 saturated carbocycles. The lowest BCUT2D eigenvalue weighted by Gasteiger charge is -2.22. The SMILES string of the molecule is COc1ccc(C(CCN(C)C)Oc2ccc(CC(=O)NN3CCCC3)cc2)cc1. The summed E-state index contributed by atoms with van der Waals surface area (Å²) in [6.07, 6.45) is 3.49. The van der Waals surface area contributed by atoms with Gasteiger partial charge in [0.05, 0.1) is 13.5 Å². The summed E-state index contributed by atoms with van der Waals surface area (Å²) < 4.78 is 11.6. The maximum atomic E-state index is 12.2. The first-order valence-electron chi connectivity index (χ1n) is 10.6. The number of hydrogen-bond donors (Lipinski definition) is 1. The lowest BCUT2D eigenvalue weighted by atomic mass is 10.1. The molecule has 1 saturated heterocycles. The first-order chi connectivity index (χ1) is 14.5. The number of benzene rings is 2. The molecule has 3 rings (SSSR count). The fraction of sp³-hybridized carbons (Fsp3) is 0.458. The predicted octanol–water partition coefficient (Wildman–Crippen LogP) is 3.44. The van der Waals surface area contributed by atoms with Crippen molar-refractivity contribution in [1.29, 1.82) is 0 Å². The van der Waals surface area contributed by atoms with Crippen molar-refractivity contribution in [2.75, 3.05) is 40.8 Å². The minimum atomic E-state index is -0.0531. The van der Waals surface area contributed by atoms with Gasteiger partial charge in [-0.05, 0) is 62.3 Å². The van der Waals surface area contributed by atoms with Crippen LogP contribution in [0.25, 0.3) is 0 Å². The van der Waals surface area contributed by atoms with Crippen LogP contribution >= 0.6 is 0 Å². The Hall–Kier alpha value is -2.57. The average molecular weight is 412 g/mol. The van der Waals surface area contributed by atoms with E-state index in [9.17, 15) is 4.79 Å². The Morgan fingerprint density at radius 1 is 1.03 bits per heavy atom. The highest BCUT2D eigenvalue weighted by Crippen LogP contribution is 2.27. The third-order valence-electron chi connectivity index (χ3n) is 5.28. The maximum Gasteiger partial charge on any atom is 0.238 e. The molecule has 2 aromatic rings. The molecule has 162 valence electrons. The van der Waals surface area contributed by atoms with E-state index in [0.717, 1.165) is 61.5 Å². The molecular weight excluding hydrogens is 378 g/mol. The zero-order valence-electron chi connectivity index (χ0n) is 18.3. The summed E-state index contributed by atoms with van der Waals surface area (Å²) in [5.41, 5.74) is 5.08. The standard InChI is InChI=1S/C24H33N3O3/c1-26(2)17-14-23(20-8-12-21(29-3)13-9-20)30-22-10-6-19(7-11-22)18-24(28)25-27-15-4-5-16-27/h6-13,23H,4-5,14-18H2,1-3H3,(H,25,28). The molecule has 1 atom stereocenters. The van der Waals surface area contributed by atoms with Crippen molar-refractivity contribution in [3.8, 4) is 11.5 Å². The van der Waals surface area contributed by atoms with Crippen LogP contribution in [0.3, 0.4) is 0 Å². The van der Waals surface area contributed by atoms with Crippen molar-refractivity contribution >= 4 is 5.91 Å². The van der Waals surface area contributed by atoms with E-state index in [-0.39, 0.29) is 12.0 Å². The van der Waals surface area contributed by atoms with Crippen LogP contribution in [0, 0.1) is 0 Å². The predicted molar refractivity (Wildman–Crippen MR) is 119 cm³/mol. The Morgan fingerprint density at radius 2 is 1.67 bits per heavy atom. The van der Waals surface area contributed by atoms with Crippen molar-refractivity contribution in [2.24, 2.45) is 0 Å². The van der Waals surface area contributed by atoms with Crippen molar-refractivity contribution in [2.45, 2.75) is 31.8 Å². The molecule has 0 aromatic heterocycles. The highest BCUT2D eigenvalue weighted by molar-refractivity contribution is 5.78. The monoisotopic (exact) mass is 411 g/mol. The third kappa shape index (κ3) is 6.75. The number of ether oxygens (including phenoxy) is 2. The quantitative estimate of drug-likeness (QED) is 0.649. The lowest BCUT2D eigenvalue weighted by Crippen LogP contribution is -2.40. The van der Waals surface area contributed by atoms with Crippen molar-refractivity contribution in [1.82, 2.24) is 15.3 Å². The molecular formula is C24H33N3O3. The number of amides is 1. The van der Waals surface area contributed by atoms with Crippen LogP contribution in [0.15, 0.2) is 48.5 Å². The highest BCUT2D eigenvalue weighted by Gasteiger charge is 2.16. The number of nitrogens with one attached hydrogen (secondary N) is 1. The summed E-state index contributed by atoms with van der Waals surface area (Å²) >= 11 is 0. The molecule has 0 aliphatic carbocycles. The molecule has 0 spiro atoms. The lowest BCUT2D eigenvalue weighted by molar-refractivity contribution is -0.124. The number of carbonyl (C=O) groups excluding carboxylic acids is 1. The molecule has 1 amide bonds.